The fraction of sp³-hybridized carbons (Fsp3) is 0.250. The van der Waals surface area contributed by atoms with Crippen LogP contribution in [0.2, 0.25) is 0 Å². The van der Waals surface area contributed by atoms with E-state index in [9.17, 15) is 4.39 Å². The van der Waals surface area contributed by atoms with Crippen molar-refractivity contribution in [2.24, 2.45) is 0 Å². The van der Waals surface area contributed by atoms with E-state index in [4.69, 9.17) is 0 Å². The number of anilines is 1. The second-order valence-corrected chi connectivity index (χ2v) is 3.50. The van der Waals surface area contributed by atoms with Gasteiger partial charge in [0.1, 0.15) is 6.17 Å². The van der Waals surface area contributed by atoms with Crippen LogP contribution in [0.1, 0.15) is 11.7 Å². The van der Waals surface area contributed by atoms with Crippen molar-refractivity contribution in [1.29, 1.82) is 0 Å². The standard InChI is InChI=1S/C8H7BrFN/c9-5-1-2-6-7(10)4-11-8(6)3-5/h1-3,7,11H,4H2. The predicted octanol–water partition coefficient (Wildman–Crippen LogP) is 2.89. The van der Waals surface area contributed by atoms with Gasteiger partial charge >= 0.3 is 0 Å². The summed E-state index contributed by atoms with van der Waals surface area (Å²) in [5.74, 6) is 0. The van der Waals surface area contributed by atoms with E-state index >= 15 is 0 Å². The van der Waals surface area contributed by atoms with Gasteiger partial charge in [-0.3, -0.25) is 0 Å². The average Bonchev–Trinajstić information content (AvgIpc) is 2.32. The lowest BCUT2D eigenvalue weighted by Gasteiger charge is -1.98. The Hall–Kier alpha value is -0.570. The molecule has 0 aromatic heterocycles. The van der Waals surface area contributed by atoms with Crippen molar-refractivity contribution in [3.05, 3.63) is 28.2 Å². The number of alkyl halides is 1. The topological polar surface area (TPSA) is 12.0 Å². The first kappa shape index (κ1) is 7.10. The van der Waals surface area contributed by atoms with Crippen LogP contribution in [-0.4, -0.2) is 6.54 Å². The van der Waals surface area contributed by atoms with E-state index in [-0.39, 0.29) is 0 Å². The molecule has 0 saturated heterocycles. The molecule has 0 saturated carbocycles. The number of hydrogen-bond acceptors (Lipinski definition) is 1. The zero-order chi connectivity index (χ0) is 7.84. The number of fused-ring (bicyclic) bond motifs is 1. The molecule has 0 fully saturated rings. The summed E-state index contributed by atoms with van der Waals surface area (Å²) in [4.78, 5) is 0. The quantitative estimate of drug-likeness (QED) is 0.702. The molecule has 1 aliphatic rings. The zero-order valence-corrected chi connectivity index (χ0v) is 7.36. The van der Waals surface area contributed by atoms with E-state index in [1.807, 2.05) is 18.2 Å². The van der Waals surface area contributed by atoms with Crippen molar-refractivity contribution < 1.29 is 4.39 Å². The first-order valence-electron chi connectivity index (χ1n) is 3.45. The van der Waals surface area contributed by atoms with Crippen molar-refractivity contribution in [2.45, 2.75) is 6.17 Å². The van der Waals surface area contributed by atoms with Gasteiger partial charge in [-0.1, -0.05) is 22.0 Å². The van der Waals surface area contributed by atoms with E-state index in [1.165, 1.54) is 0 Å². The summed E-state index contributed by atoms with van der Waals surface area (Å²) in [7, 11) is 0. The SMILES string of the molecule is FC1CNc2cc(Br)ccc21. The summed E-state index contributed by atoms with van der Waals surface area (Å²) in [6, 6.07) is 5.57. The summed E-state index contributed by atoms with van der Waals surface area (Å²) < 4.78 is 14.0. The Morgan fingerprint density at radius 2 is 2.36 bits per heavy atom. The zero-order valence-electron chi connectivity index (χ0n) is 5.77. The van der Waals surface area contributed by atoms with Crippen molar-refractivity contribution in [2.75, 3.05) is 11.9 Å². The number of rotatable bonds is 0. The smallest absolute Gasteiger partial charge is 0.144 e. The Morgan fingerprint density at radius 1 is 1.55 bits per heavy atom. The van der Waals surface area contributed by atoms with Gasteiger partial charge in [-0.25, -0.2) is 4.39 Å². The lowest BCUT2D eigenvalue weighted by molar-refractivity contribution is 0.373. The second kappa shape index (κ2) is 2.48. The fourth-order valence-electron chi connectivity index (χ4n) is 1.26. The predicted molar refractivity (Wildman–Crippen MR) is 46.5 cm³/mol. The molecule has 1 nitrogen and oxygen atoms in total. The van der Waals surface area contributed by atoms with Gasteiger partial charge in [-0.2, -0.15) is 0 Å². The molecule has 2 rings (SSSR count). The molecule has 0 bridgehead atoms. The highest BCUT2D eigenvalue weighted by Gasteiger charge is 2.20. The molecule has 11 heavy (non-hydrogen) atoms. The molecule has 0 amide bonds. The maximum atomic E-state index is 13.0. The Balaban J connectivity index is 2.50. The van der Waals surface area contributed by atoms with Crippen LogP contribution in [0.15, 0.2) is 22.7 Å². The van der Waals surface area contributed by atoms with Crippen LogP contribution in [-0.2, 0) is 0 Å². The molecule has 1 aromatic carbocycles. The van der Waals surface area contributed by atoms with E-state index in [1.54, 1.807) is 0 Å². The van der Waals surface area contributed by atoms with Gasteiger partial charge < -0.3 is 5.32 Å². The van der Waals surface area contributed by atoms with Gasteiger partial charge in [0.2, 0.25) is 0 Å². The molecule has 1 aliphatic heterocycles. The van der Waals surface area contributed by atoms with Crippen LogP contribution in [0.3, 0.4) is 0 Å². The molecule has 3 heteroatoms. The molecular weight excluding hydrogens is 209 g/mol. The minimum Gasteiger partial charge on any atom is -0.381 e. The van der Waals surface area contributed by atoms with Crippen molar-refractivity contribution in [3.63, 3.8) is 0 Å². The van der Waals surface area contributed by atoms with Gasteiger partial charge in [0.25, 0.3) is 0 Å². The third-order valence-electron chi connectivity index (χ3n) is 1.82. The van der Waals surface area contributed by atoms with E-state index in [2.05, 4.69) is 21.2 Å². The molecule has 1 aromatic rings. The first-order valence-corrected chi connectivity index (χ1v) is 4.24. The number of benzene rings is 1. The van der Waals surface area contributed by atoms with E-state index < -0.39 is 6.17 Å². The summed E-state index contributed by atoms with van der Waals surface area (Å²) in [5.41, 5.74) is 1.68. The lowest BCUT2D eigenvalue weighted by atomic mass is 10.1. The molecule has 0 spiro atoms. The van der Waals surface area contributed by atoms with Crippen molar-refractivity contribution in [3.8, 4) is 0 Å². The summed E-state index contributed by atoms with van der Waals surface area (Å²) in [6.07, 6.45) is -0.835. The number of halogens is 2. The molecule has 58 valence electrons. The maximum Gasteiger partial charge on any atom is 0.144 e. The Labute approximate surface area is 72.7 Å². The van der Waals surface area contributed by atoms with Gasteiger partial charge in [0, 0.05) is 15.7 Å². The minimum atomic E-state index is -0.835. The Morgan fingerprint density at radius 3 is 3.18 bits per heavy atom. The van der Waals surface area contributed by atoms with Crippen LogP contribution in [0.4, 0.5) is 10.1 Å². The Kier molecular flexibility index (Phi) is 1.60. The molecule has 1 heterocycles. The summed E-state index contributed by atoms with van der Waals surface area (Å²) in [5, 5.41) is 2.99. The maximum absolute atomic E-state index is 13.0. The lowest BCUT2D eigenvalue weighted by Crippen LogP contribution is -1.94. The first-order chi connectivity index (χ1) is 5.27. The van der Waals surface area contributed by atoms with Crippen LogP contribution in [0.25, 0.3) is 0 Å². The van der Waals surface area contributed by atoms with Crippen LogP contribution in [0, 0.1) is 0 Å². The molecule has 1 atom stereocenters. The highest BCUT2D eigenvalue weighted by atomic mass is 79.9. The second-order valence-electron chi connectivity index (χ2n) is 2.58. The van der Waals surface area contributed by atoms with Crippen LogP contribution in [0.5, 0.6) is 0 Å². The van der Waals surface area contributed by atoms with Gasteiger partial charge in [-0.15, -0.1) is 0 Å². The van der Waals surface area contributed by atoms with Gasteiger partial charge in [-0.05, 0) is 12.1 Å². The van der Waals surface area contributed by atoms with Crippen LogP contribution < -0.4 is 5.32 Å². The molecule has 1 unspecified atom stereocenters. The molecule has 0 aliphatic carbocycles. The molecule has 0 radical (unpaired) electrons. The molecule has 1 N–H and O–H groups in total. The third kappa shape index (κ3) is 1.13. The number of nitrogens with one attached hydrogen (secondary N) is 1. The summed E-state index contributed by atoms with van der Waals surface area (Å²) in [6.45, 7) is 0.409. The number of hydrogen-bond donors (Lipinski definition) is 1. The highest BCUT2D eigenvalue weighted by molar-refractivity contribution is 9.10. The largest absolute Gasteiger partial charge is 0.381 e. The normalized spacial score (nSPS) is 21.1. The van der Waals surface area contributed by atoms with Crippen molar-refractivity contribution in [1.82, 2.24) is 0 Å². The molecular formula is C8H7BrFN. The van der Waals surface area contributed by atoms with Crippen LogP contribution >= 0.6 is 15.9 Å². The fourth-order valence-corrected chi connectivity index (χ4v) is 1.63. The average molecular weight is 216 g/mol. The summed E-state index contributed by atoms with van der Waals surface area (Å²) >= 11 is 3.32. The third-order valence-corrected chi connectivity index (χ3v) is 2.32. The minimum absolute atomic E-state index is 0.409. The highest BCUT2D eigenvalue weighted by Crippen LogP contribution is 2.33. The van der Waals surface area contributed by atoms with E-state index in [0.29, 0.717) is 6.54 Å². The van der Waals surface area contributed by atoms with Gasteiger partial charge in [0.05, 0.1) is 6.54 Å². The van der Waals surface area contributed by atoms with Crippen molar-refractivity contribution >= 4 is 21.6 Å². The van der Waals surface area contributed by atoms with Gasteiger partial charge in [0.15, 0.2) is 0 Å². The van der Waals surface area contributed by atoms with E-state index in [0.717, 1.165) is 15.7 Å². The Bertz CT molecular complexity index is 287. The monoisotopic (exact) mass is 215 g/mol.